The molecule has 4 nitrogen and oxygen atoms in total. The largest absolute Gasteiger partial charge is 1.00 e. The maximum absolute atomic E-state index is 5.52. The SMILES string of the molecule is Nc1ccc2[nH+][nH]nc2c1.[Cl-]. The molecule has 1 aromatic carbocycles. The van der Waals surface area contributed by atoms with E-state index < -0.39 is 0 Å². The van der Waals surface area contributed by atoms with Crippen LogP contribution in [0.5, 0.6) is 0 Å². The van der Waals surface area contributed by atoms with Gasteiger partial charge in [0.15, 0.2) is 5.52 Å². The zero-order chi connectivity index (χ0) is 6.97. The van der Waals surface area contributed by atoms with Gasteiger partial charge in [-0.2, -0.15) is 5.10 Å². The third-order valence-corrected chi connectivity index (χ3v) is 1.39. The number of nitrogens with one attached hydrogen (secondary N) is 2. The number of H-pyrrole nitrogens is 2. The van der Waals surface area contributed by atoms with Crippen LogP contribution >= 0.6 is 0 Å². The minimum absolute atomic E-state index is 0. The van der Waals surface area contributed by atoms with Crippen LogP contribution in [0.1, 0.15) is 0 Å². The molecule has 0 aliphatic carbocycles. The molecule has 0 amide bonds. The van der Waals surface area contributed by atoms with E-state index in [9.17, 15) is 0 Å². The van der Waals surface area contributed by atoms with Crippen molar-refractivity contribution in [3.05, 3.63) is 18.2 Å². The van der Waals surface area contributed by atoms with Crippen molar-refractivity contribution in [1.82, 2.24) is 10.3 Å². The Morgan fingerprint density at radius 1 is 1.45 bits per heavy atom. The van der Waals surface area contributed by atoms with Gasteiger partial charge in [-0.15, -0.1) is 0 Å². The maximum atomic E-state index is 5.52. The van der Waals surface area contributed by atoms with Gasteiger partial charge in [0, 0.05) is 16.9 Å². The van der Waals surface area contributed by atoms with Gasteiger partial charge in [-0.25, -0.2) is 0 Å². The molecule has 0 spiro atoms. The molecule has 0 unspecified atom stereocenters. The zero-order valence-corrected chi connectivity index (χ0v) is 6.39. The first-order valence-corrected chi connectivity index (χ1v) is 2.97. The Bertz CT molecular complexity index is 356. The smallest absolute Gasteiger partial charge is 0.250 e. The van der Waals surface area contributed by atoms with Crippen LogP contribution in [0.25, 0.3) is 11.0 Å². The molecule has 1 aromatic heterocycles. The maximum Gasteiger partial charge on any atom is 0.250 e. The van der Waals surface area contributed by atoms with Crippen LogP contribution in [-0.4, -0.2) is 10.3 Å². The molecule has 0 saturated carbocycles. The molecule has 0 fully saturated rings. The fourth-order valence-corrected chi connectivity index (χ4v) is 0.895. The van der Waals surface area contributed by atoms with Gasteiger partial charge in [0.05, 0.1) is 0 Å². The average molecular weight is 171 g/mol. The Balaban J connectivity index is 0.000000605. The van der Waals surface area contributed by atoms with Gasteiger partial charge in [0.1, 0.15) is 0 Å². The fourth-order valence-electron chi connectivity index (χ4n) is 0.895. The summed E-state index contributed by atoms with van der Waals surface area (Å²) in [6.45, 7) is 0. The van der Waals surface area contributed by atoms with Gasteiger partial charge in [0.2, 0.25) is 0 Å². The molecule has 1 heterocycles. The molecule has 2 aromatic rings. The van der Waals surface area contributed by atoms with Crippen molar-refractivity contribution < 1.29 is 17.5 Å². The van der Waals surface area contributed by atoms with Gasteiger partial charge in [0.25, 0.3) is 5.52 Å². The Kier molecular flexibility index (Phi) is 1.96. The second kappa shape index (κ2) is 2.75. The Labute approximate surface area is 69.2 Å². The lowest BCUT2D eigenvalue weighted by atomic mass is 10.3. The van der Waals surface area contributed by atoms with E-state index in [1.807, 2.05) is 18.2 Å². The fraction of sp³-hybridized carbons (Fsp3) is 0. The second-order valence-corrected chi connectivity index (χ2v) is 2.13. The van der Waals surface area contributed by atoms with Crippen molar-refractivity contribution in [2.75, 3.05) is 5.73 Å². The molecule has 58 valence electrons. The molecule has 0 saturated heterocycles. The summed E-state index contributed by atoms with van der Waals surface area (Å²) in [6, 6.07) is 5.52. The predicted molar refractivity (Wildman–Crippen MR) is 37.1 cm³/mol. The summed E-state index contributed by atoms with van der Waals surface area (Å²) in [5.74, 6) is 0. The number of anilines is 1. The monoisotopic (exact) mass is 170 g/mol. The molecule has 0 atom stereocenters. The highest BCUT2D eigenvalue weighted by Crippen LogP contribution is 2.08. The number of nitrogen functional groups attached to an aromatic ring is 1. The lowest BCUT2D eigenvalue weighted by molar-refractivity contribution is -0.427. The van der Waals surface area contributed by atoms with Crippen molar-refractivity contribution >= 4 is 16.7 Å². The Hall–Kier alpha value is -1.29. The molecule has 4 N–H and O–H groups in total. The number of benzene rings is 1. The number of aromatic nitrogens is 3. The summed E-state index contributed by atoms with van der Waals surface area (Å²) in [7, 11) is 0. The summed E-state index contributed by atoms with van der Waals surface area (Å²) in [5, 5.41) is 9.41. The van der Waals surface area contributed by atoms with E-state index in [-0.39, 0.29) is 12.4 Å². The van der Waals surface area contributed by atoms with Crippen LogP contribution in [-0.2, 0) is 0 Å². The molecule has 5 heteroatoms. The van der Waals surface area contributed by atoms with E-state index >= 15 is 0 Å². The van der Waals surface area contributed by atoms with Crippen LogP contribution in [0, 0.1) is 0 Å². The molecule has 0 radical (unpaired) electrons. The summed E-state index contributed by atoms with van der Waals surface area (Å²) >= 11 is 0. The van der Waals surface area contributed by atoms with Crippen molar-refractivity contribution in [2.45, 2.75) is 0 Å². The number of halogens is 1. The first-order valence-electron chi connectivity index (χ1n) is 2.97. The van der Waals surface area contributed by atoms with Gasteiger partial charge >= 0.3 is 0 Å². The van der Waals surface area contributed by atoms with E-state index in [4.69, 9.17) is 5.73 Å². The first-order chi connectivity index (χ1) is 4.86. The quantitative estimate of drug-likeness (QED) is 0.413. The third kappa shape index (κ3) is 1.25. The highest BCUT2D eigenvalue weighted by molar-refractivity contribution is 5.74. The number of nitrogens with zero attached hydrogens (tertiary/aromatic N) is 1. The number of hydrogen-bond donors (Lipinski definition) is 2. The standard InChI is InChI=1S/C6H6N4.ClH/c7-4-1-2-5-6(3-4)9-10-8-5;/h1-3H,7H2,(H,8,9,10);1H. The van der Waals surface area contributed by atoms with E-state index in [0.29, 0.717) is 0 Å². The Morgan fingerprint density at radius 3 is 3.09 bits per heavy atom. The van der Waals surface area contributed by atoms with Crippen molar-refractivity contribution in [2.24, 2.45) is 0 Å². The average Bonchev–Trinajstić information content (AvgIpc) is 2.33. The predicted octanol–water partition coefficient (Wildman–Crippen LogP) is -3.04. The first kappa shape index (κ1) is 7.81. The number of nitrogens with two attached hydrogens (primary N) is 1. The molecule has 0 aliphatic heterocycles. The van der Waals surface area contributed by atoms with Crippen LogP contribution in [0.4, 0.5) is 5.69 Å². The Morgan fingerprint density at radius 2 is 2.27 bits per heavy atom. The lowest BCUT2D eigenvalue weighted by Gasteiger charge is -1.83. The van der Waals surface area contributed by atoms with E-state index in [2.05, 4.69) is 15.4 Å². The van der Waals surface area contributed by atoms with E-state index in [1.165, 1.54) is 0 Å². The highest BCUT2D eigenvalue weighted by Gasteiger charge is 2.02. The zero-order valence-electron chi connectivity index (χ0n) is 5.63. The molecular formula is C6H7ClN4. The molecule has 11 heavy (non-hydrogen) atoms. The third-order valence-electron chi connectivity index (χ3n) is 1.39. The van der Waals surface area contributed by atoms with Crippen molar-refractivity contribution in [1.29, 1.82) is 0 Å². The number of fused-ring (bicyclic) bond motifs is 1. The molecule has 2 rings (SSSR count). The van der Waals surface area contributed by atoms with Crippen molar-refractivity contribution in [3.63, 3.8) is 0 Å². The normalized spacial score (nSPS) is 9.45. The van der Waals surface area contributed by atoms with Crippen LogP contribution in [0.15, 0.2) is 18.2 Å². The van der Waals surface area contributed by atoms with Crippen LogP contribution < -0.4 is 23.2 Å². The summed E-state index contributed by atoms with van der Waals surface area (Å²) in [5.41, 5.74) is 8.07. The van der Waals surface area contributed by atoms with Crippen LogP contribution in [0.3, 0.4) is 0 Å². The molecular weight excluding hydrogens is 164 g/mol. The van der Waals surface area contributed by atoms with Gasteiger partial charge < -0.3 is 18.1 Å². The van der Waals surface area contributed by atoms with Gasteiger partial charge in [-0.05, 0) is 12.1 Å². The summed E-state index contributed by atoms with van der Waals surface area (Å²) in [4.78, 5) is 0. The lowest BCUT2D eigenvalue weighted by Crippen LogP contribution is -3.00. The minimum Gasteiger partial charge on any atom is -1.00 e. The van der Waals surface area contributed by atoms with E-state index in [0.717, 1.165) is 16.7 Å². The second-order valence-electron chi connectivity index (χ2n) is 2.13. The summed E-state index contributed by atoms with van der Waals surface area (Å²) < 4.78 is 0. The topological polar surface area (TPSA) is 68.8 Å². The molecule has 0 bridgehead atoms. The van der Waals surface area contributed by atoms with Crippen molar-refractivity contribution in [3.8, 4) is 0 Å². The van der Waals surface area contributed by atoms with Gasteiger partial charge in [-0.3, -0.25) is 0 Å². The number of aromatic amines is 2. The highest BCUT2D eigenvalue weighted by atomic mass is 35.5. The minimum atomic E-state index is 0. The van der Waals surface area contributed by atoms with Gasteiger partial charge in [-0.1, -0.05) is 5.21 Å². The summed E-state index contributed by atoms with van der Waals surface area (Å²) in [6.07, 6.45) is 0. The number of hydrogen-bond acceptors (Lipinski definition) is 2. The van der Waals surface area contributed by atoms with Crippen LogP contribution in [0.2, 0.25) is 0 Å². The van der Waals surface area contributed by atoms with E-state index in [1.54, 1.807) is 0 Å². The molecule has 0 aliphatic rings. The number of rotatable bonds is 0.